The molecule has 1 N–H and O–H groups in total. The van der Waals surface area contributed by atoms with Gasteiger partial charge in [-0.2, -0.15) is 0 Å². The van der Waals surface area contributed by atoms with Crippen LogP contribution >= 0.6 is 11.6 Å². The van der Waals surface area contributed by atoms with Crippen LogP contribution in [0.4, 0.5) is 0 Å². The number of amides is 1. The van der Waals surface area contributed by atoms with Crippen LogP contribution in [0.1, 0.15) is 138 Å². The van der Waals surface area contributed by atoms with Gasteiger partial charge in [0.15, 0.2) is 5.78 Å². The van der Waals surface area contributed by atoms with Crippen molar-refractivity contribution in [3.05, 3.63) is 81.9 Å². The number of fused-ring (bicyclic) bond motifs is 7. The zero-order valence-corrected chi connectivity index (χ0v) is 42.1. The first-order chi connectivity index (χ1) is 30.4. The number of esters is 1. The number of ketones is 1. The Hall–Kier alpha value is -3.49. The van der Waals surface area contributed by atoms with Crippen molar-refractivity contribution in [2.75, 3.05) is 27.2 Å². The van der Waals surface area contributed by atoms with Crippen molar-refractivity contribution in [2.24, 2.45) is 73.4 Å². The summed E-state index contributed by atoms with van der Waals surface area (Å²) in [6.45, 7) is 22.6. The van der Waals surface area contributed by atoms with Crippen molar-refractivity contribution in [2.45, 2.75) is 140 Å². The predicted octanol–water partition coefficient (Wildman–Crippen LogP) is 11.7. The summed E-state index contributed by atoms with van der Waals surface area (Å²) in [7, 11) is 4.08. The van der Waals surface area contributed by atoms with Crippen LogP contribution in [0.2, 0.25) is 5.02 Å². The lowest BCUT2D eigenvalue weighted by Gasteiger charge is -2.74. The molecule has 0 heterocycles. The lowest BCUT2D eigenvalue weighted by molar-refractivity contribution is -0.261. The van der Waals surface area contributed by atoms with Gasteiger partial charge in [-0.3, -0.25) is 19.2 Å². The first kappa shape index (κ1) is 48.0. The molecule has 0 radical (unpaired) electrons. The highest BCUT2D eigenvalue weighted by Gasteiger charge is 2.76. The number of carbonyl (C=O) groups excluding carboxylic acids is 3. The molecule has 0 aromatic heterocycles. The number of halogens is 1. The number of benzene rings is 2. The number of hydrogen-bond donors (Lipinski definition) is 1. The average molecular weight is 910 g/mol. The molecule has 10 atom stereocenters. The van der Waals surface area contributed by atoms with E-state index in [0.29, 0.717) is 42.8 Å². The Morgan fingerprint density at radius 3 is 2.06 bits per heavy atom. The molecule has 65 heavy (non-hydrogen) atoms. The van der Waals surface area contributed by atoms with E-state index in [4.69, 9.17) is 16.3 Å². The van der Waals surface area contributed by atoms with Crippen LogP contribution in [0.5, 0.6) is 0 Å². The highest BCUT2D eigenvalue weighted by atomic mass is 35.5. The van der Waals surface area contributed by atoms with Gasteiger partial charge in [-0.15, -0.1) is 0 Å². The molecule has 0 unspecified atom stereocenters. The van der Waals surface area contributed by atoms with Gasteiger partial charge in [-0.05, 0) is 163 Å². The molecule has 8 rings (SSSR count). The summed E-state index contributed by atoms with van der Waals surface area (Å²) in [5.74, 6) is -0.505. The Morgan fingerprint density at radius 2 is 1.45 bits per heavy atom. The number of allylic oxidation sites excluding steroid dienone is 1. The Balaban J connectivity index is 1.09. The van der Waals surface area contributed by atoms with Crippen molar-refractivity contribution in [1.29, 1.82) is 0 Å². The molecule has 6 aliphatic carbocycles. The second-order valence-electron chi connectivity index (χ2n) is 24.2. The molecule has 0 spiro atoms. The lowest BCUT2D eigenvalue weighted by atomic mass is 9.29. The second kappa shape index (κ2) is 16.6. The molecule has 5 fully saturated rings. The van der Waals surface area contributed by atoms with E-state index in [9.17, 15) is 19.5 Å². The largest absolute Gasteiger partial charge is 0.481 e. The molecule has 9 heteroatoms. The van der Waals surface area contributed by atoms with E-state index in [1.54, 1.807) is 0 Å². The Morgan fingerprint density at radius 1 is 0.785 bits per heavy atom. The molecule has 5 saturated carbocycles. The van der Waals surface area contributed by atoms with Gasteiger partial charge in [0, 0.05) is 31.1 Å². The van der Waals surface area contributed by atoms with Crippen LogP contribution in [0.25, 0.3) is 0 Å². The van der Waals surface area contributed by atoms with Gasteiger partial charge in [0.05, 0.1) is 16.7 Å². The minimum Gasteiger partial charge on any atom is -0.481 e. The number of aliphatic carboxylic acids is 1. The van der Waals surface area contributed by atoms with Crippen LogP contribution in [0.15, 0.2) is 65.7 Å². The fraction of sp³-hybridized carbons (Fsp3) is 0.679. The standard InChI is InChI=1S/C56H77ClN2O6/c1-35(2)45-41(60)32-55(48(62)59(30-29-58(10)11)33-36-17-19-38(57)20-18-36)28-27-53(8)39(46(45)55)21-22-44-52(7)25-23-43(50(3,4)42(52)24-26-54(44,53)9)56(49(63)64)31-40(51(56,5)6)47(61)65-34-37-15-13-12-14-16-37/h12-20,35,39-40,42-44H,21-34H2,1-11H3,(H,63,64)/t39-,40+,42-,43+,44-,52-,53-,54-,55-,56-/m1/s1. The van der Waals surface area contributed by atoms with Crippen molar-refractivity contribution in [3.63, 3.8) is 0 Å². The van der Waals surface area contributed by atoms with Gasteiger partial charge < -0.3 is 19.6 Å². The zero-order valence-electron chi connectivity index (χ0n) is 41.3. The van der Waals surface area contributed by atoms with Gasteiger partial charge in [0.1, 0.15) is 6.61 Å². The highest BCUT2D eigenvalue weighted by Crippen LogP contribution is 2.79. The van der Waals surface area contributed by atoms with E-state index in [2.05, 4.69) is 53.4 Å². The minimum absolute atomic E-state index is 0.0186. The van der Waals surface area contributed by atoms with Crippen LogP contribution in [-0.4, -0.2) is 65.7 Å². The maximum atomic E-state index is 15.6. The molecular formula is C56H77ClN2O6. The molecule has 6 aliphatic rings. The molecular weight excluding hydrogens is 832 g/mol. The smallest absolute Gasteiger partial charge is 0.310 e. The summed E-state index contributed by atoms with van der Waals surface area (Å²) in [6, 6.07) is 17.5. The van der Waals surface area contributed by atoms with Crippen molar-refractivity contribution >= 4 is 35.2 Å². The lowest BCUT2D eigenvalue weighted by Crippen LogP contribution is -2.71. The number of rotatable bonds is 12. The van der Waals surface area contributed by atoms with Gasteiger partial charge >= 0.3 is 11.9 Å². The van der Waals surface area contributed by atoms with Crippen molar-refractivity contribution < 1.29 is 29.0 Å². The Labute approximate surface area is 394 Å². The summed E-state index contributed by atoms with van der Waals surface area (Å²) in [5.41, 5.74) is 0.917. The average Bonchev–Trinajstić information content (AvgIpc) is 3.56. The van der Waals surface area contributed by atoms with E-state index >= 15 is 4.79 Å². The minimum atomic E-state index is -1.04. The molecule has 354 valence electrons. The predicted molar refractivity (Wildman–Crippen MR) is 257 cm³/mol. The van der Waals surface area contributed by atoms with Crippen LogP contribution in [0.3, 0.4) is 0 Å². The number of carboxylic acid groups (broad SMARTS) is 1. The number of nitrogens with zero attached hydrogens (tertiary/aromatic N) is 2. The topological polar surface area (TPSA) is 104 Å². The zero-order chi connectivity index (χ0) is 47.3. The third-order valence-electron chi connectivity index (χ3n) is 20.3. The molecule has 2 aromatic carbocycles. The fourth-order valence-electron chi connectivity index (χ4n) is 16.8. The van der Waals surface area contributed by atoms with Gasteiger partial charge in [0.2, 0.25) is 5.91 Å². The van der Waals surface area contributed by atoms with E-state index < -0.39 is 28.1 Å². The molecule has 0 bridgehead atoms. The van der Waals surface area contributed by atoms with E-state index in [-0.39, 0.29) is 70.1 Å². The van der Waals surface area contributed by atoms with Crippen molar-refractivity contribution in [1.82, 2.24) is 9.80 Å². The third kappa shape index (κ3) is 7.13. The summed E-state index contributed by atoms with van der Waals surface area (Å²) in [4.78, 5) is 61.7. The first-order valence-electron chi connectivity index (χ1n) is 24.8. The number of likely N-dealkylation sites (N-methyl/N-ethyl adjacent to an activating group) is 1. The van der Waals surface area contributed by atoms with Gasteiger partial charge in [-0.1, -0.05) is 116 Å². The number of ether oxygens (including phenoxy) is 1. The fourth-order valence-corrected chi connectivity index (χ4v) is 16.9. The Bertz CT molecular complexity index is 2230. The molecule has 1 amide bonds. The van der Waals surface area contributed by atoms with Crippen molar-refractivity contribution in [3.8, 4) is 0 Å². The first-order valence-corrected chi connectivity index (χ1v) is 25.2. The maximum absolute atomic E-state index is 15.6. The summed E-state index contributed by atoms with van der Waals surface area (Å²) >= 11 is 6.29. The summed E-state index contributed by atoms with van der Waals surface area (Å²) in [5, 5.41) is 12.0. The van der Waals surface area contributed by atoms with E-state index in [1.165, 1.54) is 5.57 Å². The van der Waals surface area contributed by atoms with E-state index in [0.717, 1.165) is 68.2 Å². The normalized spacial score (nSPS) is 36.8. The molecule has 8 nitrogen and oxygen atoms in total. The second-order valence-corrected chi connectivity index (χ2v) is 24.6. The number of carbonyl (C=O) groups is 4. The van der Waals surface area contributed by atoms with Gasteiger partial charge in [-0.25, -0.2) is 0 Å². The summed E-state index contributed by atoms with van der Waals surface area (Å²) < 4.78 is 5.85. The molecule has 0 saturated heterocycles. The summed E-state index contributed by atoms with van der Waals surface area (Å²) in [6.07, 6.45) is 7.91. The quantitative estimate of drug-likeness (QED) is 0.212. The van der Waals surface area contributed by atoms with Crippen LogP contribution in [0, 0.1) is 73.4 Å². The molecule has 0 aliphatic heterocycles. The van der Waals surface area contributed by atoms with Gasteiger partial charge in [0.25, 0.3) is 0 Å². The molecule has 2 aromatic rings. The Kier molecular flexibility index (Phi) is 12.3. The number of carboxylic acids is 1. The number of Topliss-reactive ketones (excluding diaryl/α,β-unsaturated/α-hetero) is 1. The SMILES string of the molecule is CC(C)C1=C2[C@H]3CC[C@@H]4[C@]5(C)CC[C@H]([C@@]6(C(=O)O)C[C@@H](C(=O)OCc7ccccc7)C6(C)C)C(C)(C)[C@H]5CC[C@@]4(C)[C@]3(C)CC[C@@]2(C(=O)N(CCN(C)C)Cc2ccc(Cl)cc2)CC1=O. The maximum Gasteiger partial charge on any atom is 0.310 e. The van der Waals surface area contributed by atoms with Crippen LogP contribution in [-0.2, 0) is 37.1 Å². The number of hydrogen-bond acceptors (Lipinski definition) is 6. The monoisotopic (exact) mass is 909 g/mol. The highest BCUT2D eigenvalue weighted by molar-refractivity contribution is 6.30. The van der Waals surface area contributed by atoms with E-state index in [1.807, 2.05) is 87.4 Å². The third-order valence-corrected chi connectivity index (χ3v) is 20.5. The van der Waals surface area contributed by atoms with Crippen LogP contribution < -0.4 is 0 Å².